The Hall–Kier alpha value is -3.87. The van der Waals surface area contributed by atoms with Crippen LogP contribution in [0.4, 0.5) is 11.4 Å². The highest BCUT2D eigenvalue weighted by Crippen LogP contribution is 2.51. The molecule has 65 heavy (non-hydrogen) atoms. The molecule has 21 heteroatoms. The highest BCUT2D eigenvalue weighted by Gasteiger charge is 2.48. The lowest BCUT2D eigenvalue weighted by Gasteiger charge is -2.30. The number of methoxy groups -OCH3 is 2. The van der Waals surface area contributed by atoms with Gasteiger partial charge >= 0.3 is 5.97 Å². The van der Waals surface area contributed by atoms with Crippen LogP contribution in [-0.4, -0.2) is 146 Å². The molecular weight excluding hydrogens is 909 g/mol. The fourth-order valence-electron chi connectivity index (χ4n) is 8.23. The van der Waals surface area contributed by atoms with Gasteiger partial charge < -0.3 is 33.7 Å². The predicted octanol–water partition coefficient (Wildman–Crippen LogP) is 5.36. The van der Waals surface area contributed by atoms with Gasteiger partial charge in [-0.25, -0.2) is 0 Å². The summed E-state index contributed by atoms with van der Waals surface area (Å²) in [5.74, 6) is -1.41. The van der Waals surface area contributed by atoms with E-state index in [2.05, 4.69) is 4.90 Å². The summed E-state index contributed by atoms with van der Waals surface area (Å²) in [5.41, 5.74) is 2.24. The number of fused-ring (bicyclic) bond motifs is 2. The zero-order chi connectivity index (χ0) is 47.9. The van der Waals surface area contributed by atoms with Crippen molar-refractivity contribution in [3.05, 3.63) is 83.6 Å². The molecule has 0 bridgehead atoms. The maximum absolute atomic E-state index is 12.3. The van der Waals surface area contributed by atoms with E-state index in [9.17, 15) is 43.7 Å². The first-order valence-electron chi connectivity index (χ1n) is 21.3. The Morgan fingerprint density at radius 2 is 1.29 bits per heavy atom. The minimum absolute atomic E-state index is 0.0209. The van der Waals surface area contributed by atoms with Gasteiger partial charge in [-0.05, 0) is 87.9 Å². The molecule has 0 fully saturated rings. The number of carbonyl (C=O) groups is 1. The first-order valence-corrected chi connectivity index (χ1v) is 25.8. The number of hydrogen-bond acceptors (Lipinski definition) is 13. The van der Waals surface area contributed by atoms with Crippen molar-refractivity contribution in [2.24, 2.45) is 0 Å². The zero-order valence-electron chi connectivity index (χ0n) is 37.4. The van der Waals surface area contributed by atoms with Crippen LogP contribution in [0.25, 0.3) is 0 Å². The zero-order valence-corrected chi connectivity index (χ0v) is 39.8. The van der Waals surface area contributed by atoms with Gasteiger partial charge in [0.2, 0.25) is 5.69 Å². The Morgan fingerprint density at radius 1 is 0.692 bits per heavy atom. The molecule has 2 aromatic carbocycles. The number of anilines is 1. The number of hydrogen-bond donors (Lipinski definition) is 4. The number of rotatable bonds is 30. The quantitative estimate of drug-likeness (QED) is 0.0333. The molecule has 4 rings (SSSR count). The van der Waals surface area contributed by atoms with Crippen molar-refractivity contribution in [1.29, 1.82) is 0 Å². The van der Waals surface area contributed by atoms with Crippen molar-refractivity contribution in [3.8, 4) is 0 Å². The van der Waals surface area contributed by atoms with Gasteiger partial charge in [-0.3, -0.25) is 18.5 Å². The lowest BCUT2D eigenvalue weighted by atomic mass is 9.76. The number of benzene rings is 2. The Labute approximate surface area is 382 Å². The Balaban J connectivity index is 1.72. The molecule has 2 aromatic rings. The molecule has 2 aliphatic heterocycles. The van der Waals surface area contributed by atoms with Crippen LogP contribution < -0.4 is 4.90 Å². The van der Waals surface area contributed by atoms with Crippen molar-refractivity contribution in [2.75, 3.05) is 90.8 Å². The molecule has 2 aliphatic rings. The van der Waals surface area contributed by atoms with Gasteiger partial charge in [-0.2, -0.15) is 29.8 Å². The van der Waals surface area contributed by atoms with Crippen molar-refractivity contribution in [1.82, 2.24) is 0 Å². The molecule has 0 radical (unpaired) electrons. The monoisotopic (exact) mass is 971 g/mol. The molecule has 362 valence electrons. The number of nitrogens with zero attached hydrogens (tertiary/aromatic N) is 2. The summed E-state index contributed by atoms with van der Waals surface area (Å²) in [6.07, 6.45) is 11.5. The van der Waals surface area contributed by atoms with E-state index >= 15 is 0 Å². The van der Waals surface area contributed by atoms with Crippen molar-refractivity contribution >= 4 is 53.4 Å². The van der Waals surface area contributed by atoms with Gasteiger partial charge in [-0.1, -0.05) is 24.6 Å². The third-order valence-electron chi connectivity index (χ3n) is 11.5. The van der Waals surface area contributed by atoms with Crippen LogP contribution in [0.3, 0.4) is 0 Å². The SMILES string of the molecule is COCCOCCOCCOCC[N+]1=C(/C=C/C=C/C=C2/N(CCCCCC(=O)O)c3ccc(S(=O)(=O)O)cc3C2(C)CCOC)C(C)(CCCS(=O)(=O)O)c2cc(S(=O)(=O)O)ccc21. The lowest BCUT2D eigenvalue weighted by molar-refractivity contribution is -0.442. The summed E-state index contributed by atoms with van der Waals surface area (Å²) >= 11 is 0. The molecule has 0 spiro atoms. The van der Waals surface area contributed by atoms with Gasteiger partial charge in [0.15, 0.2) is 12.3 Å². The molecular formula is C44H63N2O16S3+. The van der Waals surface area contributed by atoms with Crippen molar-refractivity contribution in [2.45, 2.75) is 79.4 Å². The molecule has 2 atom stereocenters. The van der Waals surface area contributed by atoms with Gasteiger partial charge in [0, 0.05) is 68.3 Å². The molecule has 2 heterocycles. The second kappa shape index (κ2) is 24.2. The number of carboxylic acid groups (broad SMARTS) is 1. The van der Waals surface area contributed by atoms with Gasteiger partial charge in [0.25, 0.3) is 30.4 Å². The maximum Gasteiger partial charge on any atom is 0.303 e. The topological polar surface area (TPSA) is 253 Å². The summed E-state index contributed by atoms with van der Waals surface area (Å²) in [7, 11) is -10.3. The van der Waals surface area contributed by atoms with Crippen molar-refractivity contribution < 1.29 is 77.1 Å². The molecule has 0 aliphatic carbocycles. The van der Waals surface area contributed by atoms with Crippen LogP contribution in [0.5, 0.6) is 0 Å². The molecule has 4 N–H and O–H groups in total. The summed E-state index contributed by atoms with van der Waals surface area (Å²) in [5, 5.41) is 9.16. The maximum atomic E-state index is 12.3. The number of unbranched alkanes of at least 4 members (excludes halogenated alkanes) is 2. The molecule has 0 saturated heterocycles. The highest BCUT2D eigenvalue weighted by molar-refractivity contribution is 7.86. The van der Waals surface area contributed by atoms with E-state index in [-0.39, 0.29) is 42.3 Å². The molecule has 0 saturated carbocycles. The molecule has 0 amide bonds. The van der Waals surface area contributed by atoms with Crippen LogP contribution in [0.1, 0.15) is 69.9 Å². The molecule has 2 unspecified atom stereocenters. The summed E-state index contributed by atoms with van der Waals surface area (Å²) in [6, 6.07) is 8.72. The normalized spacial score (nSPS) is 19.6. The van der Waals surface area contributed by atoms with Crippen LogP contribution >= 0.6 is 0 Å². The third-order valence-corrected chi connectivity index (χ3v) is 14.0. The highest BCUT2D eigenvalue weighted by atomic mass is 32.2. The average molecular weight is 972 g/mol. The number of ether oxygens (including phenoxy) is 5. The van der Waals surface area contributed by atoms with E-state index in [4.69, 9.17) is 28.8 Å². The van der Waals surface area contributed by atoms with E-state index in [0.29, 0.717) is 101 Å². The molecule has 18 nitrogen and oxygen atoms in total. The van der Waals surface area contributed by atoms with Gasteiger partial charge in [-0.15, -0.1) is 0 Å². The predicted molar refractivity (Wildman–Crippen MR) is 243 cm³/mol. The number of aliphatic carboxylic acids is 1. The Morgan fingerprint density at radius 3 is 1.89 bits per heavy atom. The fraction of sp³-hybridized carbons (Fsp3) is 0.545. The van der Waals surface area contributed by atoms with Gasteiger partial charge in [0.05, 0.1) is 60.6 Å². The lowest BCUT2D eigenvalue weighted by Crippen LogP contribution is -2.32. The second-order valence-corrected chi connectivity index (χ2v) is 20.5. The van der Waals surface area contributed by atoms with Crippen LogP contribution in [0.2, 0.25) is 0 Å². The third kappa shape index (κ3) is 15.1. The minimum Gasteiger partial charge on any atom is -0.481 e. The van der Waals surface area contributed by atoms with E-state index in [1.165, 1.54) is 24.3 Å². The van der Waals surface area contributed by atoms with E-state index in [1.807, 2.05) is 36.7 Å². The fourth-order valence-corrected chi connectivity index (χ4v) is 9.75. The van der Waals surface area contributed by atoms with Crippen LogP contribution in [0, 0.1) is 0 Å². The number of allylic oxidation sites excluding steroid dienone is 6. The van der Waals surface area contributed by atoms with Crippen LogP contribution in [0.15, 0.2) is 82.3 Å². The van der Waals surface area contributed by atoms with Gasteiger partial charge in [0.1, 0.15) is 6.61 Å². The number of carboxylic acids is 1. The van der Waals surface area contributed by atoms with Crippen LogP contribution in [-0.2, 0) is 69.7 Å². The second-order valence-electron chi connectivity index (χ2n) is 16.1. The van der Waals surface area contributed by atoms with Crippen molar-refractivity contribution in [3.63, 3.8) is 0 Å². The van der Waals surface area contributed by atoms with E-state index < -0.39 is 52.9 Å². The van der Waals surface area contributed by atoms with E-state index in [0.717, 1.165) is 11.4 Å². The largest absolute Gasteiger partial charge is 0.481 e. The minimum atomic E-state index is -4.62. The Kier molecular flexibility index (Phi) is 20.0. The standard InChI is InChI=1S/C44H62N2O16S3/c1-43(19-11-31-63(49,50)51)36-32-34(64(52,53)54)16-18-39(36)46(22-24-60-27-28-62-30-29-61-26-25-59-4)40(43)12-7-5-8-13-41-44(2,20-23-58-3)37-33-35(65(55,56)57)15-17-38(37)45(41)21-10-6-9-14-42(47)48/h5,7-8,12-13,15-18,32-33H,6,9-11,14,19-31H2,1-4H3,(H3-,47,48,49,50,51,52,53,54,55,56,57)/p+1. The summed E-state index contributed by atoms with van der Waals surface area (Å²) < 4.78 is 132. The summed E-state index contributed by atoms with van der Waals surface area (Å²) in [4.78, 5) is 12.6. The Bertz CT molecular complexity index is 2420. The molecule has 0 aromatic heterocycles. The van der Waals surface area contributed by atoms with E-state index in [1.54, 1.807) is 38.5 Å². The summed E-state index contributed by atoms with van der Waals surface area (Å²) in [6.45, 7) is 7.44. The first kappa shape index (κ1) is 53.7. The first-order chi connectivity index (χ1) is 30.7. The average Bonchev–Trinajstić information content (AvgIpc) is 3.60. The smallest absolute Gasteiger partial charge is 0.303 e.